The predicted molar refractivity (Wildman–Crippen MR) is 79.4 cm³/mol. The molecule has 0 aliphatic heterocycles. The number of alkyl halides is 1. The van der Waals surface area contributed by atoms with Gasteiger partial charge in [0.05, 0.1) is 12.2 Å². The van der Waals surface area contributed by atoms with E-state index in [0.717, 1.165) is 11.3 Å². The topological polar surface area (TPSA) is 61.4 Å². The van der Waals surface area contributed by atoms with Crippen molar-refractivity contribution < 1.29 is 4.39 Å². The third-order valence-electron chi connectivity index (χ3n) is 3.18. The molecule has 3 rings (SSSR count). The first-order chi connectivity index (χ1) is 10.7. The van der Waals surface area contributed by atoms with Gasteiger partial charge in [0, 0.05) is 17.6 Å². The van der Waals surface area contributed by atoms with Gasteiger partial charge in [-0.1, -0.05) is 28.9 Å². The highest BCUT2D eigenvalue weighted by atomic mass is 35.5. The molecule has 2 heterocycles. The molecule has 6 nitrogen and oxygen atoms in total. The summed E-state index contributed by atoms with van der Waals surface area (Å²) in [4.78, 5) is 4.11. The third kappa shape index (κ3) is 3.48. The second kappa shape index (κ2) is 6.65. The van der Waals surface area contributed by atoms with Crippen molar-refractivity contribution in [3.63, 3.8) is 0 Å². The van der Waals surface area contributed by atoms with Crippen LogP contribution >= 0.6 is 11.6 Å². The van der Waals surface area contributed by atoms with Gasteiger partial charge in [0.1, 0.15) is 25.4 Å². The number of rotatable bonds is 6. The Kier molecular flexibility index (Phi) is 4.43. The predicted octanol–water partition coefficient (Wildman–Crippen LogP) is 2.13. The maximum atomic E-state index is 12.4. The lowest BCUT2D eigenvalue weighted by Crippen LogP contribution is -2.11. The van der Waals surface area contributed by atoms with Crippen LogP contribution in [0.15, 0.2) is 36.8 Å². The molecule has 22 heavy (non-hydrogen) atoms. The first kappa shape index (κ1) is 14.6. The van der Waals surface area contributed by atoms with Gasteiger partial charge in [-0.3, -0.25) is 0 Å². The minimum absolute atomic E-state index is 0.196. The Labute approximate surface area is 131 Å². The summed E-state index contributed by atoms with van der Waals surface area (Å²) in [5, 5.41) is 12.9. The van der Waals surface area contributed by atoms with Crippen molar-refractivity contribution >= 4 is 11.6 Å². The summed E-state index contributed by atoms with van der Waals surface area (Å²) >= 11 is 5.86. The quantitative estimate of drug-likeness (QED) is 0.698. The Balaban J connectivity index is 1.68. The number of nitrogens with zero attached hydrogens (tertiary/aromatic N) is 6. The van der Waals surface area contributed by atoms with Crippen LogP contribution in [0.4, 0.5) is 4.39 Å². The van der Waals surface area contributed by atoms with Crippen LogP contribution in [0.5, 0.6) is 0 Å². The Morgan fingerprint density at radius 1 is 1.18 bits per heavy atom. The summed E-state index contributed by atoms with van der Waals surface area (Å²) in [5.74, 6) is 0.653. The second-order valence-corrected chi connectivity index (χ2v) is 5.24. The number of halogens is 2. The number of aryl methyl sites for hydroxylation is 1. The molecule has 0 spiro atoms. The molecule has 0 N–H and O–H groups in total. The molecule has 0 radical (unpaired) electrons. The van der Waals surface area contributed by atoms with E-state index in [1.165, 1.54) is 11.0 Å². The molecule has 0 saturated carbocycles. The third-order valence-corrected chi connectivity index (χ3v) is 3.43. The number of benzene rings is 1. The summed E-state index contributed by atoms with van der Waals surface area (Å²) in [6.07, 6.45) is 3.94. The monoisotopic (exact) mass is 320 g/mol. The summed E-state index contributed by atoms with van der Waals surface area (Å²) in [6, 6.07) is 7.61. The van der Waals surface area contributed by atoms with Crippen LogP contribution < -0.4 is 0 Å². The van der Waals surface area contributed by atoms with Gasteiger partial charge in [-0.05, 0) is 17.7 Å². The minimum Gasteiger partial charge on any atom is -0.249 e. The molecule has 0 amide bonds. The smallest absolute Gasteiger partial charge is 0.148 e. The van der Waals surface area contributed by atoms with E-state index in [2.05, 4.69) is 20.4 Å². The second-order valence-electron chi connectivity index (χ2n) is 4.80. The van der Waals surface area contributed by atoms with Gasteiger partial charge in [-0.2, -0.15) is 5.10 Å². The van der Waals surface area contributed by atoms with Crippen LogP contribution in [0, 0.1) is 0 Å². The summed E-state index contributed by atoms with van der Waals surface area (Å²) in [6.45, 7) is 0.130. The van der Waals surface area contributed by atoms with Crippen LogP contribution in [0.25, 0.3) is 0 Å². The van der Waals surface area contributed by atoms with E-state index >= 15 is 0 Å². The highest BCUT2D eigenvalue weighted by Crippen LogP contribution is 2.12. The summed E-state index contributed by atoms with van der Waals surface area (Å²) in [7, 11) is 0. The molecule has 3 aromatic rings. The van der Waals surface area contributed by atoms with Gasteiger partial charge in [-0.15, -0.1) is 5.10 Å². The van der Waals surface area contributed by atoms with Gasteiger partial charge in [0.25, 0.3) is 0 Å². The number of hydrogen-bond donors (Lipinski definition) is 0. The molecule has 0 aliphatic carbocycles. The average molecular weight is 321 g/mol. The molecule has 0 saturated heterocycles. The van der Waals surface area contributed by atoms with Crippen LogP contribution in [-0.4, -0.2) is 36.4 Å². The highest BCUT2D eigenvalue weighted by Gasteiger charge is 2.08. The van der Waals surface area contributed by atoms with Crippen LogP contribution in [0.3, 0.4) is 0 Å². The van der Waals surface area contributed by atoms with E-state index in [-0.39, 0.29) is 6.54 Å². The minimum atomic E-state index is -0.477. The fourth-order valence-corrected chi connectivity index (χ4v) is 2.26. The van der Waals surface area contributed by atoms with Gasteiger partial charge in [-0.25, -0.2) is 18.7 Å². The molecular formula is C14H14ClFN6. The molecule has 114 valence electrons. The average Bonchev–Trinajstić information content (AvgIpc) is 3.13. The van der Waals surface area contributed by atoms with Crippen molar-refractivity contribution in [2.45, 2.75) is 19.5 Å². The van der Waals surface area contributed by atoms with E-state index in [9.17, 15) is 4.39 Å². The van der Waals surface area contributed by atoms with Crippen molar-refractivity contribution in [2.24, 2.45) is 0 Å². The molecule has 8 heteroatoms. The first-order valence-electron chi connectivity index (χ1n) is 6.80. The molecule has 0 bridgehead atoms. The van der Waals surface area contributed by atoms with E-state index in [1.54, 1.807) is 4.68 Å². The highest BCUT2D eigenvalue weighted by molar-refractivity contribution is 6.30. The van der Waals surface area contributed by atoms with Crippen LogP contribution in [0.2, 0.25) is 5.02 Å². The lowest BCUT2D eigenvalue weighted by molar-refractivity contribution is 0.414. The lowest BCUT2D eigenvalue weighted by Gasteiger charge is -2.02. The zero-order chi connectivity index (χ0) is 15.4. The van der Waals surface area contributed by atoms with Gasteiger partial charge in [0.15, 0.2) is 0 Å². The fraction of sp³-hybridized carbons (Fsp3) is 0.286. The molecule has 0 atom stereocenters. The van der Waals surface area contributed by atoms with Crippen LogP contribution in [0.1, 0.15) is 17.1 Å². The molecular weight excluding hydrogens is 307 g/mol. The molecule has 1 aromatic carbocycles. The van der Waals surface area contributed by atoms with Crippen molar-refractivity contribution in [3.05, 3.63) is 58.9 Å². The van der Waals surface area contributed by atoms with Crippen molar-refractivity contribution in [1.82, 2.24) is 29.8 Å². The van der Waals surface area contributed by atoms with E-state index in [0.29, 0.717) is 23.8 Å². The Morgan fingerprint density at radius 3 is 2.77 bits per heavy atom. The number of aromatic nitrogens is 6. The Bertz CT molecular complexity index is 736. The molecule has 2 aromatic heterocycles. The molecule has 0 aliphatic rings. The zero-order valence-electron chi connectivity index (χ0n) is 11.7. The van der Waals surface area contributed by atoms with E-state index < -0.39 is 6.67 Å². The maximum absolute atomic E-state index is 12.4. The number of hydrogen-bond acceptors (Lipinski definition) is 4. The fourth-order valence-electron chi connectivity index (χ4n) is 2.13. The maximum Gasteiger partial charge on any atom is 0.148 e. The van der Waals surface area contributed by atoms with Crippen LogP contribution in [-0.2, 0) is 19.5 Å². The lowest BCUT2D eigenvalue weighted by atomic mass is 10.1. The van der Waals surface area contributed by atoms with Crippen molar-refractivity contribution in [1.29, 1.82) is 0 Å². The van der Waals surface area contributed by atoms with E-state index in [1.807, 2.05) is 30.5 Å². The normalized spacial score (nSPS) is 11.0. The summed E-state index contributed by atoms with van der Waals surface area (Å²) < 4.78 is 15.6. The van der Waals surface area contributed by atoms with Gasteiger partial charge >= 0.3 is 0 Å². The summed E-state index contributed by atoms with van der Waals surface area (Å²) in [5.41, 5.74) is 1.95. The molecule has 0 unspecified atom stereocenters. The van der Waals surface area contributed by atoms with Crippen molar-refractivity contribution in [2.75, 3.05) is 6.67 Å². The van der Waals surface area contributed by atoms with Gasteiger partial charge in [0.2, 0.25) is 0 Å². The Morgan fingerprint density at radius 2 is 2.00 bits per heavy atom. The SMILES string of the molecule is FCCn1ncnc1Cn1cc(Cc2ccc(Cl)cc2)nn1. The zero-order valence-corrected chi connectivity index (χ0v) is 12.5. The first-order valence-corrected chi connectivity index (χ1v) is 7.18. The van der Waals surface area contributed by atoms with Crippen molar-refractivity contribution in [3.8, 4) is 0 Å². The van der Waals surface area contributed by atoms with E-state index in [4.69, 9.17) is 11.6 Å². The van der Waals surface area contributed by atoms with Gasteiger partial charge < -0.3 is 0 Å². The standard InChI is InChI=1S/C14H14ClFN6/c15-12-3-1-11(2-4-12)7-13-8-21(20-19-13)9-14-17-10-18-22(14)6-5-16/h1-4,8,10H,5-7,9H2. The Hall–Kier alpha value is -2.28. The largest absolute Gasteiger partial charge is 0.249 e. The molecule has 0 fully saturated rings.